The van der Waals surface area contributed by atoms with E-state index in [9.17, 15) is 4.79 Å². The van der Waals surface area contributed by atoms with Crippen LogP contribution in [0.15, 0.2) is 24.3 Å². The van der Waals surface area contributed by atoms with Gasteiger partial charge in [-0.15, -0.1) is 0 Å². The number of hydrogen-bond donors (Lipinski definition) is 2. The quantitative estimate of drug-likeness (QED) is 0.856. The summed E-state index contributed by atoms with van der Waals surface area (Å²) in [6, 6.07) is 8.08. The first-order chi connectivity index (χ1) is 12.7. The van der Waals surface area contributed by atoms with E-state index < -0.39 is 0 Å². The minimum absolute atomic E-state index is 0.0712. The number of H-pyrrole nitrogens is 1. The molecule has 0 spiro atoms. The Labute approximate surface area is 156 Å². The van der Waals surface area contributed by atoms with Crippen molar-refractivity contribution in [2.24, 2.45) is 0 Å². The Kier molecular flexibility index (Phi) is 5.03. The number of hydrogen-bond acceptors (Lipinski definition) is 2. The molecule has 2 fully saturated rings. The molecule has 4 heteroatoms. The number of aromatic nitrogens is 1. The number of carbonyl (C=O) groups is 1. The van der Waals surface area contributed by atoms with Crippen molar-refractivity contribution in [1.29, 1.82) is 0 Å². The fourth-order valence-electron chi connectivity index (χ4n) is 5.09. The molecule has 140 valence electrons. The van der Waals surface area contributed by atoms with E-state index in [1.165, 1.54) is 64.5 Å². The Morgan fingerprint density at radius 1 is 1.08 bits per heavy atom. The van der Waals surface area contributed by atoms with E-state index in [1.54, 1.807) is 0 Å². The molecule has 1 aromatic carbocycles. The average Bonchev–Trinajstić information content (AvgIpc) is 3.03. The summed E-state index contributed by atoms with van der Waals surface area (Å²) in [6.07, 6.45) is 10.3. The zero-order valence-electron chi connectivity index (χ0n) is 15.9. The third-order valence-electron chi connectivity index (χ3n) is 6.51. The van der Waals surface area contributed by atoms with Crippen molar-refractivity contribution in [2.75, 3.05) is 19.6 Å². The Hall–Kier alpha value is -1.81. The number of benzene rings is 1. The van der Waals surface area contributed by atoms with Crippen molar-refractivity contribution < 1.29 is 4.79 Å². The first kappa shape index (κ1) is 17.6. The topological polar surface area (TPSA) is 48.1 Å². The lowest BCUT2D eigenvalue weighted by Gasteiger charge is -2.48. The van der Waals surface area contributed by atoms with Gasteiger partial charge in [0.05, 0.1) is 5.56 Å². The number of likely N-dealkylation sites (tertiary alicyclic amines) is 1. The Morgan fingerprint density at radius 2 is 1.77 bits per heavy atom. The third kappa shape index (κ3) is 3.27. The zero-order valence-corrected chi connectivity index (χ0v) is 15.9. The van der Waals surface area contributed by atoms with E-state index >= 15 is 0 Å². The Balaban J connectivity index is 1.53. The molecule has 2 N–H and O–H groups in total. The molecule has 4 rings (SSSR count). The van der Waals surface area contributed by atoms with E-state index in [-0.39, 0.29) is 11.4 Å². The van der Waals surface area contributed by atoms with Gasteiger partial charge < -0.3 is 10.3 Å². The number of nitrogens with one attached hydrogen (secondary N) is 2. The second-order valence-electron chi connectivity index (χ2n) is 8.19. The summed E-state index contributed by atoms with van der Waals surface area (Å²) in [6.45, 7) is 5.17. The molecule has 1 saturated carbocycles. The highest BCUT2D eigenvalue weighted by Crippen LogP contribution is 2.35. The molecule has 2 aromatic rings. The molecule has 1 aliphatic heterocycles. The highest BCUT2D eigenvalue weighted by Gasteiger charge is 2.38. The molecule has 0 bridgehead atoms. The Bertz CT molecular complexity index is 767. The number of rotatable bonds is 4. The molecule has 1 amide bonds. The molecule has 2 aliphatic rings. The maximum atomic E-state index is 13.1. The normalized spacial score (nSPS) is 21.0. The first-order valence-corrected chi connectivity index (χ1v) is 10.3. The second-order valence-corrected chi connectivity index (χ2v) is 8.19. The van der Waals surface area contributed by atoms with Gasteiger partial charge in [0.15, 0.2) is 0 Å². The van der Waals surface area contributed by atoms with Gasteiger partial charge in [0.1, 0.15) is 0 Å². The first-order valence-electron chi connectivity index (χ1n) is 10.3. The minimum Gasteiger partial charge on any atom is -0.358 e. The summed E-state index contributed by atoms with van der Waals surface area (Å²) in [5, 5.41) is 4.35. The lowest BCUT2D eigenvalue weighted by molar-refractivity contribution is 0.0327. The van der Waals surface area contributed by atoms with E-state index in [2.05, 4.69) is 15.2 Å². The highest BCUT2D eigenvalue weighted by molar-refractivity contribution is 6.08. The van der Waals surface area contributed by atoms with Gasteiger partial charge >= 0.3 is 0 Å². The SMILES string of the molecule is Cc1[nH]c2ccccc2c1C(=O)NCC1(N2CCCCC2)CCCCC1. The molecule has 2 heterocycles. The van der Waals surface area contributed by atoms with Crippen molar-refractivity contribution in [3.63, 3.8) is 0 Å². The van der Waals surface area contributed by atoms with Crippen LogP contribution in [0.1, 0.15) is 67.4 Å². The van der Waals surface area contributed by atoms with Gasteiger partial charge in [0.25, 0.3) is 5.91 Å². The van der Waals surface area contributed by atoms with Gasteiger partial charge in [-0.3, -0.25) is 9.69 Å². The lowest BCUT2D eigenvalue weighted by atomic mass is 9.79. The van der Waals surface area contributed by atoms with Crippen LogP contribution in [0.5, 0.6) is 0 Å². The van der Waals surface area contributed by atoms with Gasteiger partial charge in [-0.1, -0.05) is 43.9 Å². The number of carbonyl (C=O) groups excluding carboxylic acids is 1. The van der Waals surface area contributed by atoms with Gasteiger partial charge in [0, 0.05) is 28.7 Å². The summed E-state index contributed by atoms with van der Waals surface area (Å²) in [7, 11) is 0. The van der Waals surface area contributed by atoms with Crippen LogP contribution in [0.4, 0.5) is 0 Å². The van der Waals surface area contributed by atoms with Crippen molar-refractivity contribution >= 4 is 16.8 Å². The number of piperidine rings is 1. The number of amides is 1. The fraction of sp³-hybridized carbons (Fsp3) is 0.591. The molecule has 1 saturated heterocycles. The number of aryl methyl sites for hydroxylation is 1. The number of para-hydroxylation sites is 1. The van der Waals surface area contributed by atoms with Crippen LogP contribution in [0, 0.1) is 6.92 Å². The summed E-state index contributed by atoms with van der Waals surface area (Å²) >= 11 is 0. The maximum Gasteiger partial charge on any atom is 0.253 e. The molecule has 0 radical (unpaired) electrons. The maximum absolute atomic E-state index is 13.1. The summed E-state index contributed by atoms with van der Waals surface area (Å²) < 4.78 is 0. The zero-order chi connectivity index (χ0) is 18.0. The molecular formula is C22H31N3O. The van der Waals surface area contributed by atoms with Gasteiger partial charge in [-0.25, -0.2) is 0 Å². The predicted molar refractivity (Wildman–Crippen MR) is 107 cm³/mol. The number of aromatic amines is 1. The predicted octanol–water partition coefficient (Wildman–Crippen LogP) is 4.39. The summed E-state index contributed by atoms with van der Waals surface area (Å²) in [5.41, 5.74) is 2.98. The van der Waals surface area contributed by atoms with E-state index in [4.69, 9.17) is 0 Å². The lowest BCUT2D eigenvalue weighted by Crippen LogP contribution is -2.58. The van der Waals surface area contributed by atoms with E-state index in [0.717, 1.165) is 28.7 Å². The summed E-state index contributed by atoms with van der Waals surface area (Å²) in [5.74, 6) is 0.0712. The molecule has 26 heavy (non-hydrogen) atoms. The highest BCUT2D eigenvalue weighted by atomic mass is 16.1. The smallest absolute Gasteiger partial charge is 0.253 e. The summed E-state index contributed by atoms with van der Waals surface area (Å²) in [4.78, 5) is 19.1. The van der Waals surface area contributed by atoms with Crippen LogP contribution in [-0.4, -0.2) is 41.0 Å². The van der Waals surface area contributed by atoms with Gasteiger partial charge in [-0.05, 0) is 51.8 Å². The van der Waals surface area contributed by atoms with Crippen LogP contribution < -0.4 is 5.32 Å². The van der Waals surface area contributed by atoms with Gasteiger partial charge in [0.2, 0.25) is 0 Å². The molecule has 1 aromatic heterocycles. The van der Waals surface area contributed by atoms with Crippen molar-refractivity contribution in [3.05, 3.63) is 35.5 Å². The molecular weight excluding hydrogens is 322 g/mol. The van der Waals surface area contributed by atoms with Gasteiger partial charge in [-0.2, -0.15) is 0 Å². The van der Waals surface area contributed by atoms with Crippen LogP contribution >= 0.6 is 0 Å². The third-order valence-corrected chi connectivity index (χ3v) is 6.51. The second kappa shape index (κ2) is 7.43. The number of fused-ring (bicyclic) bond motifs is 1. The monoisotopic (exact) mass is 353 g/mol. The average molecular weight is 354 g/mol. The van der Waals surface area contributed by atoms with Crippen molar-refractivity contribution in [3.8, 4) is 0 Å². The molecule has 4 nitrogen and oxygen atoms in total. The largest absolute Gasteiger partial charge is 0.358 e. The van der Waals surface area contributed by atoms with Crippen molar-refractivity contribution in [2.45, 2.75) is 63.8 Å². The van der Waals surface area contributed by atoms with Crippen molar-refractivity contribution in [1.82, 2.24) is 15.2 Å². The van der Waals surface area contributed by atoms with Crippen LogP contribution in [0.2, 0.25) is 0 Å². The molecule has 1 aliphatic carbocycles. The molecule has 0 atom stereocenters. The van der Waals surface area contributed by atoms with Crippen LogP contribution in [-0.2, 0) is 0 Å². The number of nitrogens with zero attached hydrogens (tertiary/aromatic N) is 1. The standard InChI is InChI=1S/C22H31N3O/c1-17-20(18-10-4-5-11-19(18)24-17)21(26)23-16-22(12-6-2-7-13-22)25-14-8-3-9-15-25/h4-5,10-11,24H,2-3,6-9,12-16H2,1H3,(H,23,26). The van der Waals surface area contributed by atoms with E-state index in [0.29, 0.717) is 0 Å². The minimum atomic E-state index is 0.0712. The fourth-order valence-corrected chi connectivity index (χ4v) is 5.09. The van der Waals surface area contributed by atoms with Crippen LogP contribution in [0.3, 0.4) is 0 Å². The molecule has 0 unspecified atom stereocenters. The van der Waals surface area contributed by atoms with Crippen LogP contribution in [0.25, 0.3) is 10.9 Å². The van der Waals surface area contributed by atoms with E-state index in [1.807, 2.05) is 31.2 Å². The Morgan fingerprint density at radius 3 is 2.54 bits per heavy atom.